The highest BCUT2D eigenvalue weighted by Crippen LogP contribution is 2.32. The molecule has 84 valence electrons. The molecular weight excluding hydrogens is 262 g/mol. The largest absolute Gasteiger partial charge is 0.280 e. The van der Waals surface area contributed by atoms with Gasteiger partial charge in [-0.1, -0.05) is 23.2 Å². The number of rotatable bonds is 1. The van der Waals surface area contributed by atoms with E-state index in [4.69, 9.17) is 23.2 Å². The normalized spacial score (nSPS) is 11.4. The topological polar surface area (TPSA) is 12.9 Å². The first-order valence-corrected chi connectivity index (χ1v) is 4.98. The number of aromatic nitrogens is 1. The summed E-state index contributed by atoms with van der Waals surface area (Å²) in [5.41, 5.74) is -0.575. The fraction of sp³-hybridized carbons (Fsp3) is 0.100. The lowest BCUT2D eigenvalue weighted by molar-refractivity contribution is 0.146. The molecular formula is C10H4Cl2F3N. The first-order valence-electron chi connectivity index (χ1n) is 4.23. The predicted molar refractivity (Wildman–Crippen MR) is 56.7 cm³/mol. The van der Waals surface area contributed by atoms with Crippen LogP contribution in [0.5, 0.6) is 0 Å². The Morgan fingerprint density at radius 3 is 2.44 bits per heavy atom. The van der Waals surface area contributed by atoms with E-state index in [9.17, 15) is 13.2 Å². The molecule has 1 nitrogen and oxygen atoms in total. The molecule has 2 aromatic rings. The Bertz CT molecular complexity index is 557. The van der Waals surface area contributed by atoms with Gasteiger partial charge in [0.05, 0.1) is 20.9 Å². The lowest BCUT2D eigenvalue weighted by Gasteiger charge is -2.06. The smallest absolute Gasteiger partial charge is 0.245 e. The molecule has 0 saturated heterocycles. The molecule has 0 amide bonds. The van der Waals surface area contributed by atoms with Crippen LogP contribution in [0.25, 0.3) is 10.9 Å². The van der Waals surface area contributed by atoms with Gasteiger partial charge in [0.25, 0.3) is 6.43 Å². The van der Waals surface area contributed by atoms with E-state index >= 15 is 0 Å². The van der Waals surface area contributed by atoms with Crippen LogP contribution in [0.1, 0.15) is 12.1 Å². The summed E-state index contributed by atoms with van der Waals surface area (Å²) in [5, 5.41) is -0.0836. The molecule has 0 aliphatic heterocycles. The summed E-state index contributed by atoms with van der Waals surface area (Å²) in [7, 11) is 0. The Morgan fingerprint density at radius 2 is 1.81 bits per heavy atom. The minimum atomic E-state index is -2.78. The molecule has 0 radical (unpaired) electrons. The predicted octanol–water partition coefficient (Wildman–Crippen LogP) is 4.62. The van der Waals surface area contributed by atoms with Crippen LogP contribution in [-0.2, 0) is 0 Å². The van der Waals surface area contributed by atoms with Gasteiger partial charge >= 0.3 is 0 Å². The molecule has 0 unspecified atom stereocenters. The second kappa shape index (κ2) is 4.11. The monoisotopic (exact) mass is 265 g/mol. The van der Waals surface area contributed by atoms with E-state index in [1.54, 1.807) is 0 Å². The van der Waals surface area contributed by atoms with E-state index in [0.717, 1.165) is 12.1 Å². The molecule has 0 aliphatic carbocycles. The molecule has 1 heterocycles. The van der Waals surface area contributed by atoms with Gasteiger partial charge in [-0.3, -0.25) is 0 Å². The molecule has 0 atom stereocenters. The molecule has 0 spiro atoms. The van der Waals surface area contributed by atoms with Crippen LogP contribution in [-0.4, -0.2) is 4.98 Å². The van der Waals surface area contributed by atoms with Crippen molar-refractivity contribution in [3.8, 4) is 0 Å². The Labute approximate surface area is 98.8 Å². The van der Waals surface area contributed by atoms with E-state index in [1.807, 2.05) is 0 Å². The van der Waals surface area contributed by atoms with Gasteiger partial charge in [-0.2, -0.15) is 0 Å². The van der Waals surface area contributed by atoms with Crippen molar-refractivity contribution in [3.63, 3.8) is 0 Å². The van der Waals surface area contributed by atoms with E-state index in [1.165, 1.54) is 6.07 Å². The van der Waals surface area contributed by atoms with Gasteiger partial charge in [-0.05, 0) is 18.2 Å². The fourth-order valence-corrected chi connectivity index (χ4v) is 1.84. The third-order valence-electron chi connectivity index (χ3n) is 2.06. The molecule has 0 saturated carbocycles. The Morgan fingerprint density at radius 1 is 1.12 bits per heavy atom. The Kier molecular flexibility index (Phi) is 2.95. The van der Waals surface area contributed by atoms with Crippen LogP contribution in [0.3, 0.4) is 0 Å². The number of alkyl halides is 2. The summed E-state index contributed by atoms with van der Waals surface area (Å²) in [6.07, 6.45) is -2.78. The molecule has 6 heteroatoms. The molecule has 1 aromatic heterocycles. The molecule has 0 aliphatic rings. The van der Waals surface area contributed by atoms with Gasteiger partial charge in [-0.15, -0.1) is 0 Å². The van der Waals surface area contributed by atoms with Crippen molar-refractivity contribution in [3.05, 3.63) is 39.8 Å². The summed E-state index contributed by atoms with van der Waals surface area (Å²) in [5.74, 6) is -0.641. The number of hydrogen-bond acceptors (Lipinski definition) is 1. The lowest BCUT2D eigenvalue weighted by atomic mass is 10.2. The number of benzene rings is 1. The average molecular weight is 266 g/mol. The van der Waals surface area contributed by atoms with Gasteiger partial charge < -0.3 is 0 Å². The van der Waals surface area contributed by atoms with Gasteiger partial charge in [-0.25, -0.2) is 18.2 Å². The summed E-state index contributed by atoms with van der Waals surface area (Å²) in [6, 6.07) is 3.30. The van der Waals surface area contributed by atoms with Crippen molar-refractivity contribution >= 4 is 34.1 Å². The molecule has 0 N–H and O–H groups in total. The second-order valence-electron chi connectivity index (χ2n) is 3.08. The van der Waals surface area contributed by atoms with E-state index in [-0.39, 0.29) is 20.9 Å². The minimum Gasteiger partial charge on any atom is -0.245 e. The molecule has 0 fully saturated rings. The van der Waals surface area contributed by atoms with Gasteiger partial charge in [0.1, 0.15) is 11.5 Å². The Balaban J connectivity index is 2.86. The summed E-state index contributed by atoms with van der Waals surface area (Å²) >= 11 is 11.5. The maximum Gasteiger partial charge on any atom is 0.280 e. The van der Waals surface area contributed by atoms with Crippen molar-refractivity contribution in [1.29, 1.82) is 0 Å². The highest BCUT2D eigenvalue weighted by atomic mass is 35.5. The van der Waals surface area contributed by atoms with Crippen molar-refractivity contribution in [1.82, 2.24) is 4.98 Å². The van der Waals surface area contributed by atoms with Crippen LogP contribution < -0.4 is 0 Å². The highest BCUT2D eigenvalue weighted by molar-refractivity contribution is 6.39. The summed E-state index contributed by atoms with van der Waals surface area (Å²) < 4.78 is 38.3. The first kappa shape index (κ1) is 11.5. The van der Waals surface area contributed by atoms with Gasteiger partial charge in [0.15, 0.2) is 0 Å². The van der Waals surface area contributed by atoms with E-state index in [2.05, 4.69) is 4.98 Å². The summed E-state index contributed by atoms with van der Waals surface area (Å²) in [6.45, 7) is 0. The van der Waals surface area contributed by atoms with E-state index in [0.29, 0.717) is 0 Å². The SMILES string of the molecule is Fc1ccc(Cl)c2nc(C(F)F)cc(Cl)c12. The maximum atomic E-state index is 13.4. The van der Waals surface area contributed by atoms with Crippen molar-refractivity contribution in [2.75, 3.05) is 0 Å². The maximum absolute atomic E-state index is 13.4. The molecule has 16 heavy (non-hydrogen) atoms. The van der Waals surface area contributed by atoms with Crippen LogP contribution in [0.15, 0.2) is 18.2 Å². The molecule has 1 aromatic carbocycles. The number of hydrogen-bond donors (Lipinski definition) is 0. The third kappa shape index (κ3) is 1.83. The zero-order valence-corrected chi connectivity index (χ0v) is 9.16. The van der Waals surface area contributed by atoms with Crippen molar-refractivity contribution in [2.45, 2.75) is 6.43 Å². The van der Waals surface area contributed by atoms with Crippen molar-refractivity contribution < 1.29 is 13.2 Å². The van der Waals surface area contributed by atoms with Gasteiger partial charge in [0.2, 0.25) is 0 Å². The van der Waals surface area contributed by atoms with Crippen LogP contribution in [0, 0.1) is 5.82 Å². The molecule has 2 rings (SSSR count). The standard InChI is InChI=1S/C10H4Cl2F3N/c11-4-1-2-6(13)8-5(12)3-7(10(14)15)16-9(4)8/h1-3,10H. The fourth-order valence-electron chi connectivity index (χ4n) is 1.35. The average Bonchev–Trinajstić information content (AvgIpc) is 2.22. The number of halogens is 5. The minimum absolute atomic E-state index is 0.0430. The first-order chi connectivity index (χ1) is 7.50. The van der Waals surface area contributed by atoms with Crippen LogP contribution in [0.4, 0.5) is 13.2 Å². The number of pyridine rings is 1. The molecule has 0 bridgehead atoms. The lowest BCUT2D eigenvalue weighted by Crippen LogP contribution is -1.94. The quantitative estimate of drug-likeness (QED) is 0.733. The zero-order chi connectivity index (χ0) is 11.9. The van der Waals surface area contributed by atoms with Gasteiger partial charge in [0, 0.05) is 0 Å². The zero-order valence-electron chi connectivity index (χ0n) is 7.65. The third-order valence-corrected chi connectivity index (χ3v) is 2.66. The Hall–Kier alpha value is -1.00. The van der Waals surface area contributed by atoms with E-state index < -0.39 is 17.9 Å². The summed E-state index contributed by atoms with van der Waals surface area (Å²) in [4.78, 5) is 3.59. The van der Waals surface area contributed by atoms with Crippen molar-refractivity contribution in [2.24, 2.45) is 0 Å². The second-order valence-corrected chi connectivity index (χ2v) is 3.90. The number of fused-ring (bicyclic) bond motifs is 1. The highest BCUT2D eigenvalue weighted by Gasteiger charge is 2.16. The van der Waals surface area contributed by atoms with Crippen LogP contribution in [0.2, 0.25) is 10.0 Å². The number of nitrogens with zero attached hydrogens (tertiary/aromatic N) is 1. The van der Waals surface area contributed by atoms with Crippen LogP contribution >= 0.6 is 23.2 Å².